The Morgan fingerprint density at radius 1 is 1.23 bits per heavy atom. The van der Waals surface area contributed by atoms with Crippen LogP contribution in [0, 0.1) is 0 Å². The molecule has 0 saturated carbocycles. The van der Waals surface area contributed by atoms with Gasteiger partial charge < -0.3 is 4.90 Å². The van der Waals surface area contributed by atoms with E-state index in [1.54, 1.807) is 23.3 Å². The lowest BCUT2D eigenvalue weighted by atomic mass is 10.1. The van der Waals surface area contributed by atoms with Crippen LogP contribution in [0.3, 0.4) is 0 Å². The Balaban J connectivity index is 1.62. The first-order chi connectivity index (χ1) is 14.3. The van der Waals surface area contributed by atoms with Crippen molar-refractivity contribution in [1.29, 1.82) is 0 Å². The van der Waals surface area contributed by atoms with Crippen molar-refractivity contribution in [3.8, 4) is 16.3 Å². The topological polar surface area (TPSA) is 75.5 Å². The molecule has 1 atom stereocenters. The van der Waals surface area contributed by atoms with Crippen molar-refractivity contribution in [1.82, 2.24) is 19.0 Å². The smallest absolute Gasteiger partial charge is 0.241 e. The van der Waals surface area contributed by atoms with E-state index in [-0.39, 0.29) is 5.91 Å². The van der Waals surface area contributed by atoms with Crippen molar-refractivity contribution in [2.75, 3.05) is 19.8 Å². The lowest BCUT2D eigenvalue weighted by Crippen LogP contribution is -2.45. The third-order valence-electron chi connectivity index (χ3n) is 5.26. The normalized spacial score (nSPS) is 17.3. The summed E-state index contributed by atoms with van der Waals surface area (Å²) in [6.07, 6.45) is 4.36. The Hall–Kier alpha value is -2.49. The Morgan fingerprint density at radius 2 is 2.00 bits per heavy atom. The summed E-state index contributed by atoms with van der Waals surface area (Å²) in [5.41, 5.74) is 2.69. The Morgan fingerprint density at radius 3 is 2.67 bits per heavy atom. The molecule has 1 unspecified atom stereocenters. The number of benzene rings is 1. The molecule has 9 heteroatoms. The number of carbonyl (C=O) groups excluding carboxylic acids is 1. The van der Waals surface area contributed by atoms with Crippen molar-refractivity contribution in [3.63, 3.8) is 0 Å². The van der Waals surface area contributed by atoms with Gasteiger partial charge in [-0.05, 0) is 36.4 Å². The molecule has 0 radical (unpaired) electrons. The Kier molecular flexibility index (Phi) is 5.77. The van der Waals surface area contributed by atoms with Gasteiger partial charge in [-0.2, -0.15) is 9.40 Å². The van der Waals surface area contributed by atoms with Crippen molar-refractivity contribution in [2.45, 2.75) is 25.4 Å². The van der Waals surface area contributed by atoms with E-state index >= 15 is 0 Å². The first-order valence-corrected chi connectivity index (χ1v) is 12.5. The van der Waals surface area contributed by atoms with E-state index in [1.165, 1.54) is 4.31 Å². The van der Waals surface area contributed by atoms with Crippen molar-refractivity contribution >= 4 is 27.3 Å². The largest absolute Gasteiger partial charge is 0.340 e. The highest BCUT2D eigenvalue weighted by Gasteiger charge is 2.38. The van der Waals surface area contributed by atoms with Crippen LogP contribution < -0.4 is 0 Å². The monoisotopic (exact) mass is 444 g/mol. The van der Waals surface area contributed by atoms with Gasteiger partial charge in [0, 0.05) is 31.9 Å². The summed E-state index contributed by atoms with van der Waals surface area (Å²) < 4.78 is 27.2. The van der Waals surface area contributed by atoms with E-state index in [4.69, 9.17) is 5.10 Å². The molecule has 3 heterocycles. The average Bonchev–Trinajstić information content (AvgIpc) is 3.47. The highest BCUT2D eigenvalue weighted by Crippen LogP contribution is 2.29. The maximum atomic E-state index is 13.1. The van der Waals surface area contributed by atoms with E-state index in [9.17, 15) is 13.2 Å². The zero-order valence-corrected chi connectivity index (χ0v) is 18.6. The summed E-state index contributed by atoms with van der Waals surface area (Å²) >= 11 is 1.60. The molecule has 1 aliphatic heterocycles. The number of amides is 1. The van der Waals surface area contributed by atoms with Gasteiger partial charge in [0.05, 0.1) is 16.8 Å². The molecular formula is C21H24N4O3S2. The highest BCUT2D eigenvalue weighted by molar-refractivity contribution is 7.88. The minimum Gasteiger partial charge on any atom is -0.340 e. The molecule has 1 fully saturated rings. The summed E-state index contributed by atoms with van der Waals surface area (Å²) in [6.45, 7) is 0.752. The molecule has 1 aromatic carbocycles. The Labute approximate surface area is 180 Å². The number of hydrogen-bond acceptors (Lipinski definition) is 5. The predicted octanol–water partition coefficient (Wildman–Crippen LogP) is 2.98. The highest BCUT2D eigenvalue weighted by atomic mass is 32.2. The van der Waals surface area contributed by atoms with Crippen molar-refractivity contribution in [3.05, 3.63) is 59.6 Å². The van der Waals surface area contributed by atoms with Crippen LogP contribution in [0.15, 0.2) is 54.0 Å². The predicted molar refractivity (Wildman–Crippen MR) is 118 cm³/mol. The first-order valence-electron chi connectivity index (χ1n) is 9.74. The van der Waals surface area contributed by atoms with Crippen LogP contribution in [0.2, 0.25) is 0 Å². The molecule has 1 saturated heterocycles. The van der Waals surface area contributed by atoms with Gasteiger partial charge in [-0.15, -0.1) is 11.3 Å². The fraction of sp³-hybridized carbons (Fsp3) is 0.333. The third-order valence-corrected chi connectivity index (χ3v) is 7.43. The van der Waals surface area contributed by atoms with Gasteiger partial charge in [-0.25, -0.2) is 13.1 Å². The van der Waals surface area contributed by atoms with Gasteiger partial charge in [-0.1, -0.05) is 24.3 Å². The van der Waals surface area contributed by atoms with Gasteiger partial charge in [0.25, 0.3) is 0 Å². The number of hydrogen-bond donors (Lipinski definition) is 0. The number of nitrogens with zero attached hydrogens (tertiary/aromatic N) is 4. The van der Waals surface area contributed by atoms with Gasteiger partial charge in [-0.3, -0.25) is 4.79 Å². The molecule has 3 aromatic rings. The van der Waals surface area contributed by atoms with Crippen molar-refractivity contribution < 1.29 is 13.2 Å². The molecule has 2 aromatic heterocycles. The SMILES string of the molecule is CN(Cc1cn(-c2ccccc2)nc1-c1cccs1)C(=O)C1CCCN1S(C)(=O)=O. The van der Waals surface area contributed by atoms with E-state index in [1.807, 2.05) is 58.7 Å². The van der Waals surface area contributed by atoms with Crippen LogP contribution in [0.4, 0.5) is 0 Å². The van der Waals surface area contributed by atoms with Crippen LogP contribution in [-0.2, 0) is 21.4 Å². The quantitative estimate of drug-likeness (QED) is 0.586. The Bertz CT molecular complexity index is 1120. The summed E-state index contributed by atoms with van der Waals surface area (Å²) in [5, 5.41) is 6.77. The maximum absolute atomic E-state index is 13.1. The van der Waals surface area contributed by atoms with Crippen LogP contribution >= 0.6 is 11.3 Å². The standard InChI is InChI=1S/C21H24N4O3S2/c1-23(21(26)18-10-6-12-25(18)30(2,27)28)14-16-15-24(17-8-4-3-5-9-17)22-20(16)19-11-7-13-29-19/h3-5,7-9,11,13,15,18H,6,10,12,14H2,1-2H3. The number of likely N-dealkylation sites (N-methyl/N-ethyl adjacent to an activating group) is 1. The summed E-state index contributed by atoms with van der Waals surface area (Å²) in [6, 6.07) is 13.2. The van der Waals surface area contributed by atoms with E-state index in [2.05, 4.69) is 0 Å². The zero-order valence-electron chi connectivity index (χ0n) is 16.9. The molecule has 0 N–H and O–H groups in total. The second kappa shape index (κ2) is 8.33. The van der Waals surface area contributed by atoms with Crippen LogP contribution in [0.1, 0.15) is 18.4 Å². The number of sulfonamides is 1. The van der Waals surface area contributed by atoms with Gasteiger partial charge in [0.1, 0.15) is 11.7 Å². The van der Waals surface area contributed by atoms with E-state index in [0.717, 1.165) is 28.1 Å². The molecule has 1 amide bonds. The zero-order chi connectivity index (χ0) is 21.3. The van der Waals surface area contributed by atoms with E-state index in [0.29, 0.717) is 25.9 Å². The average molecular weight is 445 g/mol. The van der Waals surface area contributed by atoms with Crippen molar-refractivity contribution in [2.24, 2.45) is 0 Å². The second-order valence-electron chi connectivity index (χ2n) is 7.49. The molecule has 4 rings (SSSR count). The fourth-order valence-corrected chi connectivity index (χ4v) is 5.69. The number of thiophene rings is 1. The molecule has 158 valence electrons. The lowest BCUT2D eigenvalue weighted by molar-refractivity contribution is -0.133. The summed E-state index contributed by atoms with van der Waals surface area (Å²) in [4.78, 5) is 15.7. The molecule has 30 heavy (non-hydrogen) atoms. The van der Waals surface area contributed by atoms with Gasteiger partial charge >= 0.3 is 0 Å². The molecule has 1 aliphatic rings. The van der Waals surface area contributed by atoms with Crippen LogP contribution in [-0.4, -0.2) is 59.2 Å². The first kappa shape index (κ1) is 20.8. The summed E-state index contributed by atoms with van der Waals surface area (Å²) in [5.74, 6) is -0.178. The summed E-state index contributed by atoms with van der Waals surface area (Å²) in [7, 11) is -1.69. The van der Waals surface area contributed by atoms with E-state index < -0.39 is 16.1 Å². The number of para-hydroxylation sites is 1. The fourth-order valence-electron chi connectivity index (χ4n) is 3.83. The number of rotatable bonds is 6. The molecule has 0 bridgehead atoms. The minimum atomic E-state index is -3.41. The lowest BCUT2D eigenvalue weighted by Gasteiger charge is -2.26. The third kappa shape index (κ3) is 4.19. The second-order valence-corrected chi connectivity index (χ2v) is 10.4. The molecular weight excluding hydrogens is 420 g/mol. The van der Waals surface area contributed by atoms with Crippen LogP contribution in [0.25, 0.3) is 16.3 Å². The molecule has 7 nitrogen and oxygen atoms in total. The van der Waals surface area contributed by atoms with Crippen LogP contribution in [0.5, 0.6) is 0 Å². The number of aromatic nitrogens is 2. The van der Waals surface area contributed by atoms with Gasteiger partial charge in [0.15, 0.2) is 0 Å². The maximum Gasteiger partial charge on any atom is 0.241 e. The molecule has 0 aliphatic carbocycles. The minimum absolute atomic E-state index is 0.178. The molecule has 0 spiro atoms. The number of carbonyl (C=O) groups is 1. The van der Waals surface area contributed by atoms with Gasteiger partial charge in [0.2, 0.25) is 15.9 Å².